The van der Waals surface area contributed by atoms with E-state index in [1.807, 2.05) is 0 Å². The normalized spacial score (nSPS) is 19.6. The zero-order valence-electron chi connectivity index (χ0n) is 10.8. The topological polar surface area (TPSA) is 75.6 Å². The number of halogens is 1. The minimum absolute atomic E-state index is 0.220. The van der Waals surface area contributed by atoms with Crippen molar-refractivity contribution >= 4 is 23.5 Å². The van der Waals surface area contributed by atoms with Crippen LogP contribution in [-0.4, -0.2) is 29.7 Å². The van der Waals surface area contributed by atoms with Crippen LogP contribution in [0.2, 0.25) is 5.02 Å². The number of benzene rings is 1. The SMILES string of the molecule is O=C(O)C[C@H](NC(=O)[C@@H]1CCCO1)c1ccccc1Cl. The molecule has 0 unspecified atom stereocenters. The Morgan fingerprint density at radius 1 is 1.45 bits per heavy atom. The number of amides is 1. The Morgan fingerprint density at radius 3 is 2.80 bits per heavy atom. The van der Waals surface area contributed by atoms with Crippen molar-refractivity contribution in [1.29, 1.82) is 0 Å². The predicted octanol–water partition coefficient (Wildman–Crippen LogP) is 2.15. The molecule has 1 saturated heterocycles. The van der Waals surface area contributed by atoms with Crippen LogP contribution in [-0.2, 0) is 14.3 Å². The van der Waals surface area contributed by atoms with Gasteiger partial charge in [-0.1, -0.05) is 29.8 Å². The fraction of sp³-hybridized carbons (Fsp3) is 0.429. The second-order valence-electron chi connectivity index (χ2n) is 4.68. The Balaban J connectivity index is 2.13. The average molecular weight is 298 g/mol. The standard InChI is InChI=1S/C14H16ClNO4/c15-10-5-2-1-4-9(10)11(8-13(17)18)16-14(19)12-6-3-7-20-12/h1-2,4-5,11-12H,3,6-8H2,(H,16,19)(H,17,18)/t11-,12-/m0/s1. The molecule has 2 N–H and O–H groups in total. The molecule has 1 amide bonds. The van der Waals surface area contributed by atoms with Crippen LogP contribution in [0.15, 0.2) is 24.3 Å². The lowest BCUT2D eigenvalue weighted by Crippen LogP contribution is -2.37. The summed E-state index contributed by atoms with van der Waals surface area (Å²) in [7, 11) is 0. The smallest absolute Gasteiger partial charge is 0.305 e. The first-order chi connectivity index (χ1) is 9.58. The van der Waals surface area contributed by atoms with Gasteiger partial charge >= 0.3 is 5.97 Å². The molecule has 0 aliphatic carbocycles. The maximum absolute atomic E-state index is 12.0. The van der Waals surface area contributed by atoms with Gasteiger partial charge in [0, 0.05) is 11.6 Å². The zero-order chi connectivity index (χ0) is 14.5. The van der Waals surface area contributed by atoms with E-state index in [2.05, 4.69) is 5.32 Å². The third-order valence-electron chi connectivity index (χ3n) is 3.20. The van der Waals surface area contributed by atoms with Crippen molar-refractivity contribution in [1.82, 2.24) is 5.32 Å². The lowest BCUT2D eigenvalue weighted by atomic mass is 10.0. The summed E-state index contributed by atoms with van der Waals surface area (Å²) < 4.78 is 5.29. The van der Waals surface area contributed by atoms with Crippen LogP contribution in [0.5, 0.6) is 0 Å². The van der Waals surface area contributed by atoms with Crippen molar-refractivity contribution in [3.05, 3.63) is 34.9 Å². The summed E-state index contributed by atoms with van der Waals surface area (Å²) >= 11 is 6.07. The summed E-state index contributed by atoms with van der Waals surface area (Å²) in [6.45, 7) is 0.563. The largest absolute Gasteiger partial charge is 0.481 e. The van der Waals surface area contributed by atoms with Crippen molar-refractivity contribution in [2.75, 3.05) is 6.61 Å². The first-order valence-corrected chi connectivity index (χ1v) is 6.84. The van der Waals surface area contributed by atoms with Crippen LogP contribution in [0.3, 0.4) is 0 Å². The number of ether oxygens (including phenoxy) is 1. The number of carbonyl (C=O) groups is 2. The van der Waals surface area contributed by atoms with Crippen LogP contribution in [0.25, 0.3) is 0 Å². The molecule has 2 atom stereocenters. The summed E-state index contributed by atoms with van der Waals surface area (Å²) in [4.78, 5) is 23.0. The molecule has 1 aliphatic heterocycles. The first kappa shape index (κ1) is 14.8. The quantitative estimate of drug-likeness (QED) is 0.873. The van der Waals surface area contributed by atoms with E-state index in [4.69, 9.17) is 21.4 Å². The molecule has 0 bridgehead atoms. The Morgan fingerprint density at radius 2 is 2.20 bits per heavy atom. The molecule has 20 heavy (non-hydrogen) atoms. The summed E-state index contributed by atoms with van der Waals surface area (Å²) in [5.41, 5.74) is 0.600. The molecule has 6 heteroatoms. The highest BCUT2D eigenvalue weighted by molar-refractivity contribution is 6.31. The van der Waals surface area contributed by atoms with Gasteiger partial charge in [0.05, 0.1) is 12.5 Å². The number of nitrogens with one attached hydrogen (secondary N) is 1. The molecule has 1 heterocycles. The van der Waals surface area contributed by atoms with Gasteiger partial charge in [-0.2, -0.15) is 0 Å². The number of carbonyl (C=O) groups excluding carboxylic acids is 1. The van der Waals surface area contributed by atoms with Gasteiger partial charge in [0.25, 0.3) is 0 Å². The molecule has 1 aromatic carbocycles. The number of carboxylic acid groups (broad SMARTS) is 1. The minimum Gasteiger partial charge on any atom is -0.481 e. The van der Waals surface area contributed by atoms with Gasteiger partial charge in [-0.05, 0) is 24.5 Å². The molecule has 1 aliphatic rings. The molecule has 1 aromatic rings. The molecular weight excluding hydrogens is 282 g/mol. The van der Waals surface area contributed by atoms with Crippen molar-refractivity contribution in [3.63, 3.8) is 0 Å². The highest BCUT2D eigenvalue weighted by atomic mass is 35.5. The van der Waals surface area contributed by atoms with E-state index in [0.29, 0.717) is 23.6 Å². The van der Waals surface area contributed by atoms with E-state index in [1.54, 1.807) is 24.3 Å². The second kappa shape index (κ2) is 6.72. The Bertz CT molecular complexity index is 500. The van der Waals surface area contributed by atoms with E-state index in [0.717, 1.165) is 6.42 Å². The lowest BCUT2D eigenvalue weighted by molar-refractivity contribution is -0.138. The van der Waals surface area contributed by atoms with E-state index >= 15 is 0 Å². The zero-order valence-corrected chi connectivity index (χ0v) is 11.6. The van der Waals surface area contributed by atoms with Crippen molar-refractivity contribution < 1.29 is 19.4 Å². The summed E-state index contributed by atoms with van der Waals surface area (Å²) in [6.07, 6.45) is 0.790. The lowest BCUT2D eigenvalue weighted by Gasteiger charge is -2.20. The maximum Gasteiger partial charge on any atom is 0.305 e. The van der Waals surface area contributed by atoms with Crippen LogP contribution >= 0.6 is 11.6 Å². The summed E-state index contributed by atoms with van der Waals surface area (Å²) in [6, 6.07) is 6.24. The van der Waals surface area contributed by atoms with Gasteiger partial charge in [0.2, 0.25) is 5.91 Å². The maximum atomic E-state index is 12.0. The third-order valence-corrected chi connectivity index (χ3v) is 3.54. The number of rotatable bonds is 5. The van der Waals surface area contributed by atoms with Gasteiger partial charge in [-0.15, -0.1) is 0 Å². The van der Waals surface area contributed by atoms with E-state index in [9.17, 15) is 9.59 Å². The fourth-order valence-corrected chi connectivity index (χ4v) is 2.49. The van der Waals surface area contributed by atoms with Gasteiger partial charge in [0.1, 0.15) is 6.10 Å². The number of aliphatic carboxylic acids is 1. The monoisotopic (exact) mass is 297 g/mol. The van der Waals surface area contributed by atoms with Gasteiger partial charge in [0.15, 0.2) is 0 Å². The molecule has 5 nitrogen and oxygen atoms in total. The Hall–Kier alpha value is -1.59. The molecule has 1 fully saturated rings. The molecular formula is C14H16ClNO4. The average Bonchev–Trinajstić information content (AvgIpc) is 2.92. The molecule has 0 spiro atoms. The van der Waals surface area contributed by atoms with Gasteiger partial charge < -0.3 is 15.2 Å². The molecule has 0 aromatic heterocycles. The van der Waals surface area contributed by atoms with Crippen LogP contribution in [0.4, 0.5) is 0 Å². The minimum atomic E-state index is -0.998. The summed E-state index contributed by atoms with van der Waals surface area (Å²) in [5.74, 6) is -1.28. The Kier molecular flexibility index (Phi) is 4.98. The van der Waals surface area contributed by atoms with Crippen LogP contribution < -0.4 is 5.32 Å². The second-order valence-corrected chi connectivity index (χ2v) is 5.09. The highest BCUT2D eigenvalue weighted by Gasteiger charge is 2.27. The van der Waals surface area contributed by atoms with E-state index in [-0.39, 0.29) is 12.3 Å². The van der Waals surface area contributed by atoms with Gasteiger partial charge in [-0.25, -0.2) is 0 Å². The molecule has 0 saturated carbocycles. The van der Waals surface area contributed by atoms with Gasteiger partial charge in [-0.3, -0.25) is 9.59 Å². The van der Waals surface area contributed by atoms with Crippen LogP contribution in [0.1, 0.15) is 30.9 Å². The van der Waals surface area contributed by atoms with E-state index in [1.165, 1.54) is 0 Å². The van der Waals surface area contributed by atoms with Crippen molar-refractivity contribution in [2.45, 2.75) is 31.4 Å². The molecule has 0 radical (unpaired) electrons. The van der Waals surface area contributed by atoms with Crippen molar-refractivity contribution in [3.8, 4) is 0 Å². The Labute approximate surface area is 121 Å². The number of carboxylic acids is 1. The molecule has 108 valence electrons. The number of hydrogen-bond donors (Lipinski definition) is 2. The predicted molar refractivity (Wildman–Crippen MR) is 73.6 cm³/mol. The third kappa shape index (κ3) is 3.71. The van der Waals surface area contributed by atoms with Crippen LogP contribution in [0, 0.1) is 0 Å². The summed E-state index contributed by atoms with van der Waals surface area (Å²) in [5, 5.41) is 12.1. The van der Waals surface area contributed by atoms with E-state index < -0.39 is 18.1 Å². The van der Waals surface area contributed by atoms with Crippen molar-refractivity contribution in [2.24, 2.45) is 0 Å². The first-order valence-electron chi connectivity index (χ1n) is 6.46. The fourth-order valence-electron chi connectivity index (χ4n) is 2.22. The highest BCUT2D eigenvalue weighted by Crippen LogP contribution is 2.25. The molecule has 2 rings (SSSR count). The number of hydrogen-bond acceptors (Lipinski definition) is 3.